The van der Waals surface area contributed by atoms with Crippen molar-refractivity contribution in [2.24, 2.45) is 0 Å². The average molecular weight is 488 g/mol. The first-order chi connectivity index (χ1) is 16.8. The number of thiophene rings is 1. The van der Waals surface area contributed by atoms with Gasteiger partial charge in [0.05, 0.1) is 13.7 Å². The van der Waals surface area contributed by atoms with E-state index >= 15 is 0 Å². The Kier molecular flexibility index (Phi) is 5.89. The Labute approximate surface area is 209 Å². The van der Waals surface area contributed by atoms with Crippen LogP contribution in [0.3, 0.4) is 0 Å². The maximum absolute atomic E-state index is 13.9. The molecular formula is C28H29N3O3S. The number of benzene rings is 2. The van der Waals surface area contributed by atoms with E-state index in [0.29, 0.717) is 36.1 Å². The highest BCUT2D eigenvalue weighted by Gasteiger charge is 2.48. The molecule has 180 valence electrons. The van der Waals surface area contributed by atoms with E-state index in [1.807, 2.05) is 77.5 Å². The number of hydrogen-bond acceptors (Lipinski definition) is 4. The van der Waals surface area contributed by atoms with Gasteiger partial charge in [-0.05, 0) is 54.1 Å². The van der Waals surface area contributed by atoms with Crippen molar-refractivity contribution >= 4 is 39.1 Å². The van der Waals surface area contributed by atoms with Crippen molar-refractivity contribution in [2.45, 2.75) is 45.3 Å². The van der Waals surface area contributed by atoms with Crippen LogP contribution in [0.4, 0.5) is 5.69 Å². The van der Waals surface area contributed by atoms with E-state index in [4.69, 9.17) is 4.74 Å². The second kappa shape index (κ2) is 8.89. The molecule has 0 fully saturated rings. The van der Waals surface area contributed by atoms with Gasteiger partial charge >= 0.3 is 0 Å². The third kappa shape index (κ3) is 3.90. The van der Waals surface area contributed by atoms with Gasteiger partial charge in [0.15, 0.2) is 0 Å². The summed E-state index contributed by atoms with van der Waals surface area (Å²) in [5.74, 6) is 0.702. The minimum atomic E-state index is -1.12. The largest absolute Gasteiger partial charge is 0.496 e. The van der Waals surface area contributed by atoms with E-state index in [9.17, 15) is 9.59 Å². The summed E-state index contributed by atoms with van der Waals surface area (Å²) in [4.78, 5) is 30.4. The minimum Gasteiger partial charge on any atom is -0.496 e. The van der Waals surface area contributed by atoms with Crippen LogP contribution in [0.5, 0.6) is 5.75 Å². The molecule has 4 aromatic rings. The molecule has 0 saturated heterocycles. The Bertz CT molecular complexity index is 1400. The van der Waals surface area contributed by atoms with E-state index in [1.54, 1.807) is 23.3 Å². The standard InChI is InChI=1S/C28H29N3O3S/c1-18(2)19-9-11-22(12-10-19)31-25(32)23-15-20-13-14-35-26(20)30(23)17-28(31,3)27(33)29-16-21-7-5-6-8-24(21)34-4/h5-15,18H,16-17H2,1-4H3,(H,29,33). The molecule has 0 aliphatic carbocycles. The molecule has 5 rings (SSSR count). The number of carbonyl (C=O) groups is 2. The lowest BCUT2D eigenvalue weighted by molar-refractivity contribution is -0.126. The summed E-state index contributed by atoms with van der Waals surface area (Å²) in [6.07, 6.45) is 0. The molecule has 1 atom stereocenters. The fourth-order valence-electron chi connectivity index (χ4n) is 4.83. The molecule has 7 heteroatoms. The molecule has 1 aliphatic heterocycles. The Hall–Kier alpha value is -3.58. The highest BCUT2D eigenvalue weighted by atomic mass is 32.1. The summed E-state index contributed by atoms with van der Waals surface area (Å²) >= 11 is 1.58. The maximum atomic E-state index is 13.9. The van der Waals surface area contributed by atoms with Crippen LogP contribution in [0.25, 0.3) is 10.2 Å². The molecule has 0 saturated carbocycles. The second-order valence-electron chi connectivity index (χ2n) is 9.45. The summed E-state index contributed by atoms with van der Waals surface area (Å²) in [5, 5.41) is 6.11. The van der Waals surface area contributed by atoms with Crippen molar-refractivity contribution in [2.75, 3.05) is 12.0 Å². The predicted molar refractivity (Wildman–Crippen MR) is 140 cm³/mol. The van der Waals surface area contributed by atoms with Crippen LogP contribution in [-0.2, 0) is 17.9 Å². The maximum Gasteiger partial charge on any atom is 0.275 e. The number of fused-ring (bicyclic) bond motifs is 3. The molecule has 2 aromatic carbocycles. The Morgan fingerprint density at radius 1 is 1.14 bits per heavy atom. The fraction of sp³-hybridized carbons (Fsp3) is 0.286. The molecule has 2 amide bonds. The van der Waals surface area contributed by atoms with Crippen LogP contribution in [-0.4, -0.2) is 29.0 Å². The van der Waals surface area contributed by atoms with Crippen LogP contribution in [0.1, 0.15) is 48.3 Å². The molecule has 1 N–H and O–H groups in total. The molecule has 6 nitrogen and oxygen atoms in total. The Balaban J connectivity index is 1.55. The molecule has 1 unspecified atom stereocenters. The summed E-state index contributed by atoms with van der Waals surface area (Å²) in [7, 11) is 1.62. The Morgan fingerprint density at radius 3 is 2.60 bits per heavy atom. The number of amides is 2. The van der Waals surface area contributed by atoms with E-state index in [2.05, 4.69) is 19.2 Å². The van der Waals surface area contributed by atoms with Gasteiger partial charge in [0, 0.05) is 23.2 Å². The number of para-hydroxylation sites is 1. The van der Waals surface area contributed by atoms with Gasteiger partial charge in [-0.2, -0.15) is 0 Å². The van der Waals surface area contributed by atoms with E-state index in [-0.39, 0.29) is 11.8 Å². The summed E-state index contributed by atoms with van der Waals surface area (Å²) in [6, 6.07) is 19.5. The number of methoxy groups -OCH3 is 1. The lowest BCUT2D eigenvalue weighted by Gasteiger charge is -2.44. The van der Waals surface area contributed by atoms with Crippen LogP contribution in [0.2, 0.25) is 0 Å². The molecule has 0 bridgehead atoms. The number of carbonyl (C=O) groups excluding carboxylic acids is 2. The number of rotatable bonds is 6. The van der Waals surface area contributed by atoms with Crippen LogP contribution in [0, 0.1) is 0 Å². The monoisotopic (exact) mass is 487 g/mol. The van der Waals surface area contributed by atoms with E-state index < -0.39 is 5.54 Å². The second-order valence-corrected chi connectivity index (χ2v) is 10.3. The van der Waals surface area contributed by atoms with Crippen molar-refractivity contribution in [1.29, 1.82) is 0 Å². The zero-order chi connectivity index (χ0) is 24.7. The van der Waals surface area contributed by atoms with Crippen molar-refractivity contribution in [3.63, 3.8) is 0 Å². The third-order valence-corrected chi connectivity index (χ3v) is 7.77. The smallest absolute Gasteiger partial charge is 0.275 e. The number of aromatic nitrogens is 1. The third-order valence-electron chi connectivity index (χ3n) is 6.82. The molecule has 35 heavy (non-hydrogen) atoms. The van der Waals surface area contributed by atoms with Gasteiger partial charge in [-0.15, -0.1) is 11.3 Å². The number of anilines is 1. The van der Waals surface area contributed by atoms with Gasteiger partial charge in [0.2, 0.25) is 5.91 Å². The molecule has 0 radical (unpaired) electrons. The van der Waals surface area contributed by atoms with Gasteiger partial charge in [-0.25, -0.2) is 0 Å². The Morgan fingerprint density at radius 2 is 1.89 bits per heavy atom. The van der Waals surface area contributed by atoms with Crippen molar-refractivity contribution < 1.29 is 14.3 Å². The van der Waals surface area contributed by atoms with Gasteiger partial charge < -0.3 is 14.6 Å². The highest BCUT2D eigenvalue weighted by Crippen LogP contribution is 2.37. The first-order valence-corrected chi connectivity index (χ1v) is 12.6. The summed E-state index contributed by atoms with van der Waals surface area (Å²) < 4.78 is 7.43. The lowest BCUT2D eigenvalue weighted by atomic mass is 9.93. The first kappa shape index (κ1) is 23.2. The predicted octanol–water partition coefficient (Wildman–Crippen LogP) is 5.57. The SMILES string of the molecule is COc1ccccc1CNC(=O)C1(C)Cn2c(cc3ccsc32)C(=O)N1c1ccc(C(C)C)cc1. The van der Waals surface area contributed by atoms with Gasteiger partial charge in [0.1, 0.15) is 21.8 Å². The number of nitrogens with one attached hydrogen (secondary N) is 1. The van der Waals surface area contributed by atoms with Gasteiger partial charge in [-0.3, -0.25) is 14.5 Å². The molecule has 3 heterocycles. The number of ether oxygens (including phenoxy) is 1. The molecule has 2 aromatic heterocycles. The zero-order valence-electron chi connectivity index (χ0n) is 20.4. The van der Waals surface area contributed by atoms with Gasteiger partial charge in [0.25, 0.3) is 5.91 Å². The zero-order valence-corrected chi connectivity index (χ0v) is 21.2. The topological polar surface area (TPSA) is 63.6 Å². The normalized spacial score (nSPS) is 17.6. The summed E-state index contributed by atoms with van der Waals surface area (Å²) in [6.45, 7) is 6.79. The quantitative estimate of drug-likeness (QED) is 0.387. The lowest BCUT2D eigenvalue weighted by Crippen LogP contribution is -2.64. The number of nitrogens with zero attached hydrogens (tertiary/aromatic N) is 2. The molecule has 1 aliphatic rings. The van der Waals surface area contributed by atoms with E-state index in [1.165, 1.54) is 5.56 Å². The van der Waals surface area contributed by atoms with Crippen LogP contribution < -0.4 is 15.0 Å². The molecular weight excluding hydrogens is 458 g/mol. The molecule has 0 spiro atoms. The van der Waals surface area contributed by atoms with Crippen molar-refractivity contribution in [3.05, 3.63) is 82.9 Å². The first-order valence-electron chi connectivity index (χ1n) is 11.7. The number of hydrogen-bond donors (Lipinski definition) is 1. The highest BCUT2D eigenvalue weighted by molar-refractivity contribution is 7.16. The van der Waals surface area contributed by atoms with Crippen molar-refractivity contribution in [1.82, 2.24) is 9.88 Å². The van der Waals surface area contributed by atoms with Gasteiger partial charge in [-0.1, -0.05) is 44.2 Å². The van der Waals surface area contributed by atoms with Crippen molar-refractivity contribution in [3.8, 4) is 5.75 Å². The summed E-state index contributed by atoms with van der Waals surface area (Å²) in [5.41, 5.74) is 2.26. The van der Waals surface area contributed by atoms with E-state index in [0.717, 1.165) is 15.8 Å². The van der Waals surface area contributed by atoms with Crippen LogP contribution in [0.15, 0.2) is 66.0 Å². The van der Waals surface area contributed by atoms with Crippen LogP contribution >= 0.6 is 11.3 Å². The fourth-order valence-corrected chi connectivity index (χ4v) is 5.72. The minimum absolute atomic E-state index is 0.174. The average Bonchev–Trinajstić information content (AvgIpc) is 3.45.